The van der Waals surface area contributed by atoms with E-state index in [1.807, 2.05) is 48.7 Å². The minimum Gasteiger partial charge on any atom is -0.457 e. The number of piperazine rings is 1. The predicted molar refractivity (Wildman–Crippen MR) is 114 cm³/mol. The first kappa shape index (κ1) is 18.5. The Bertz CT molecular complexity index is 957. The van der Waals surface area contributed by atoms with Crippen LogP contribution in [0.5, 0.6) is 11.5 Å². The Morgan fingerprint density at radius 1 is 0.893 bits per heavy atom. The van der Waals surface area contributed by atoms with E-state index < -0.39 is 0 Å². The molecule has 6 heteroatoms. The maximum atomic E-state index is 5.93. The van der Waals surface area contributed by atoms with Crippen LogP contribution < -0.4 is 15.4 Å². The highest BCUT2D eigenvalue weighted by Gasteiger charge is 2.26. The van der Waals surface area contributed by atoms with Crippen LogP contribution in [0.15, 0.2) is 48.7 Å². The largest absolute Gasteiger partial charge is 0.457 e. The lowest BCUT2D eigenvalue weighted by Crippen LogP contribution is -2.53. The van der Waals surface area contributed by atoms with Gasteiger partial charge in [0.2, 0.25) is 0 Å². The van der Waals surface area contributed by atoms with Crippen LogP contribution in [0.2, 0.25) is 0 Å². The first-order valence-corrected chi connectivity index (χ1v) is 9.69. The average molecular weight is 377 g/mol. The fraction of sp³-hybridized carbons (Fsp3) is 0.364. The van der Waals surface area contributed by atoms with Gasteiger partial charge in [0.05, 0.1) is 17.2 Å². The predicted octanol–water partition coefficient (Wildman–Crippen LogP) is 3.92. The second kappa shape index (κ2) is 7.28. The highest BCUT2D eigenvalue weighted by molar-refractivity contribution is 5.77. The summed E-state index contributed by atoms with van der Waals surface area (Å²) in [4.78, 5) is 14.3. The van der Waals surface area contributed by atoms with Crippen molar-refractivity contribution < 1.29 is 4.74 Å². The maximum Gasteiger partial charge on any atom is 0.147 e. The second-order valence-corrected chi connectivity index (χ2v) is 8.19. The Morgan fingerprint density at radius 2 is 1.57 bits per heavy atom. The number of fused-ring (bicyclic) bond motifs is 1. The summed E-state index contributed by atoms with van der Waals surface area (Å²) in [6.07, 6.45) is 1.87. The Morgan fingerprint density at radius 3 is 2.25 bits per heavy atom. The molecule has 2 heterocycles. The van der Waals surface area contributed by atoms with Crippen molar-refractivity contribution >= 4 is 22.5 Å². The van der Waals surface area contributed by atoms with E-state index in [4.69, 9.17) is 15.5 Å². The molecule has 28 heavy (non-hydrogen) atoms. The summed E-state index contributed by atoms with van der Waals surface area (Å²) >= 11 is 0. The number of nitrogens with two attached hydrogens (primary N) is 1. The van der Waals surface area contributed by atoms with Crippen molar-refractivity contribution in [3.63, 3.8) is 0 Å². The molecule has 6 nitrogen and oxygen atoms in total. The minimum absolute atomic E-state index is 0.204. The van der Waals surface area contributed by atoms with Crippen LogP contribution in [0.4, 0.5) is 11.5 Å². The first-order chi connectivity index (χ1) is 13.4. The number of rotatable bonds is 3. The number of anilines is 2. The quantitative estimate of drug-likeness (QED) is 0.698. The molecule has 1 aromatic heterocycles. The highest BCUT2D eigenvalue weighted by atomic mass is 16.5. The van der Waals surface area contributed by atoms with Gasteiger partial charge in [0, 0.05) is 43.5 Å². The molecular formula is C22H27N5O. The van der Waals surface area contributed by atoms with Gasteiger partial charge < -0.3 is 15.4 Å². The zero-order valence-corrected chi connectivity index (χ0v) is 16.7. The van der Waals surface area contributed by atoms with Gasteiger partial charge in [-0.05, 0) is 57.2 Å². The third kappa shape index (κ3) is 4.02. The molecule has 146 valence electrons. The number of aromatic nitrogens is 2. The first-order valence-electron chi connectivity index (χ1n) is 9.69. The molecule has 3 aromatic rings. The van der Waals surface area contributed by atoms with Crippen LogP contribution in [-0.4, -0.2) is 46.6 Å². The number of hydrogen-bond acceptors (Lipinski definition) is 6. The third-order valence-electron chi connectivity index (χ3n) is 5.17. The smallest absolute Gasteiger partial charge is 0.147 e. The van der Waals surface area contributed by atoms with E-state index in [0.29, 0.717) is 5.69 Å². The maximum absolute atomic E-state index is 5.93. The van der Waals surface area contributed by atoms with Gasteiger partial charge in [-0.25, -0.2) is 4.98 Å². The molecule has 2 aromatic carbocycles. The molecule has 0 atom stereocenters. The van der Waals surface area contributed by atoms with E-state index in [1.54, 1.807) is 0 Å². The van der Waals surface area contributed by atoms with E-state index in [-0.39, 0.29) is 5.54 Å². The van der Waals surface area contributed by atoms with Crippen LogP contribution >= 0.6 is 0 Å². The molecule has 0 saturated carbocycles. The molecule has 2 N–H and O–H groups in total. The molecule has 1 aliphatic rings. The van der Waals surface area contributed by atoms with E-state index in [0.717, 1.165) is 54.5 Å². The Kier molecular flexibility index (Phi) is 4.81. The van der Waals surface area contributed by atoms with Crippen molar-refractivity contribution in [2.45, 2.75) is 26.3 Å². The number of benzene rings is 2. The van der Waals surface area contributed by atoms with Crippen LogP contribution in [-0.2, 0) is 0 Å². The lowest BCUT2D eigenvalue weighted by molar-refractivity contribution is 0.128. The van der Waals surface area contributed by atoms with Gasteiger partial charge in [-0.3, -0.25) is 9.88 Å². The monoisotopic (exact) mass is 377 g/mol. The highest BCUT2D eigenvalue weighted by Crippen LogP contribution is 2.26. The fourth-order valence-corrected chi connectivity index (χ4v) is 3.48. The Balaban J connectivity index is 1.52. The summed E-state index contributed by atoms with van der Waals surface area (Å²) in [7, 11) is 0. The van der Waals surface area contributed by atoms with Crippen molar-refractivity contribution in [1.29, 1.82) is 0 Å². The fourth-order valence-electron chi connectivity index (χ4n) is 3.48. The van der Waals surface area contributed by atoms with Crippen molar-refractivity contribution in [3.05, 3.63) is 48.7 Å². The summed E-state index contributed by atoms with van der Waals surface area (Å²) in [6, 6.07) is 13.2. The Labute approximate surface area is 165 Å². The molecular weight excluding hydrogens is 350 g/mol. The number of nitrogen functional groups attached to an aromatic ring is 1. The lowest BCUT2D eigenvalue weighted by atomic mass is 10.1. The minimum atomic E-state index is 0.204. The van der Waals surface area contributed by atoms with Crippen LogP contribution in [0.3, 0.4) is 0 Å². The number of hydrogen-bond donors (Lipinski definition) is 1. The van der Waals surface area contributed by atoms with E-state index in [1.165, 1.54) is 0 Å². The van der Waals surface area contributed by atoms with Gasteiger partial charge in [-0.15, -0.1) is 0 Å². The van der Waals surface area contributed by atoms with Crippen LogP contribution in [0.25, 0.3) is 11.0 Å². The topological polar surface area (TPSA) is 67.5 Å². The summed E-state index contributed by atoms with van der Waals surface area (Å²) in [5.74, 6) is 2.41. The van der Waals surface area contributed by atoms with Gasteiger partial charge >= 0.3 is 0 Å². The molecule has 1 fully saturated rings. The normalized spacial score (nSPS) is 15.8. The Hall–Kier alpha value is -2.86. The standard InChI is InChI=1S/C22H27N5O/c1-22(2,3)27-12-10-26(11-13-27)21-15-24-19-9-8-18(14-20(19)25-21)28-17-6-4-16(23)5-7-17/h4-9,14-15H,10-13,23H2,1-3H3. The molecule has 0 unspecified atom stereocenters. The van der Waals surface area contributed by atoms with Crippen molar-refractivity contribution in [3.8, 4) is 11.5 Å². The molecule has 0 bridgehead atoms. The van der Waals surface area contributed by atoms with Gasteiger partial charge in [-0.2, -0.15) is 0 Å². The third-order valence-corrected chi connectivity index (χ3v) is 5.17. The van der Waals surface area contributed by atoms with E-state index >= 15 is 0 Å². The lowest BCUT2D eigenvalue weighted by Gasteiger charge is -2.42. The van der Waals surface area contributed by atoms with E-state index in [2.05, 4.69) is 35.6 Å². The molecule has 1 aliphatic heterocycles. The van der Waals surface area contributed by atoms with Gasteiger partial charge in [-0.1, -0.05) is 0 Å². The zero-order valence-electron chi connectivity index (χ0n) is 16.7. The van der Waals surface area contributed by atoms with Crippen molar-refractivity contribution in [1.82, 2.24) is 14.9 Å². The molecule has 0 aliphatic carbocycles. The van der Waals surface area contributed by atoms with Gasteiger partial charge in [0.1, 0.15) is 17.3 Å². The zero-order chi connectivity index (χ0) is 19.7. The summed E-state index contributed by atoms with van der Waals surface area (Å²) in [5, 5.41) is 0. The molecule has 1 saturated heterocycles. The average Bonchev–Trinajstić information content (AvgIpc) is 2.69. The van der Waals surface area contributed by atoms with Gasteiger partial charge in [0.25, 0.3) is 0 Å². The SMILES string of the molecule is CC(C)(C)N1CCN(c2cnc3ccc(Oc4ccc(N)cc4)cc3n2)CC1. The summed E-state index contributed by atoms with van der Waals surface area (Å²) in [6.45, 7) is 10.8. The summed E-state index contributed by atoms with van der Waals surface area (Å²) in [5.41, 5.74) is 8.35. The second-order valence-electron chi connectivity index (χ2n) is 8.19. The van der Waals surface area contributed by atoms with Crippen LogP contribution in [0.1, 0.15) is 20.8 Å². The number of ether oxygens (including phenoxy) is 1. The molecule has 0 amide bonds. The molecule has 4 rings (SSSR count). The number of nitrogens with zero attached hydrogens (tertiary/aromatic N) is 4. The van der Waals surface area contributed by atoms with Crippen molar-refractivity contribution in [2.24, 2.45) is 0 Å². The van der Waals surface area contributed by atoms with Crippen LogP contribution in [0, 0.1) is 0 Å². The summed E-state index contributed by atoms with van der Waals surface area (Å²) < 4.78 is 5.93. The van der Waals surface area contributed by atoms with Gasteiger partial charge in [0.15, 0.2) is 0 Å². The van der Waals surface area contributed by atoms with E-state index in [9.17, 15) is 0 Å². The molecule has 0 radical (unpaired) electrons. The van der Waals surface area contributed by atoms with Crippen molar-refractivity contribution in [2.75, 3.05) is 36.8 Å². The molecule has 0 spiro atoms.